The van der Waals surface area contributed by atoms with Gasteiger partial charge in [-0.3, -0.25) is 14.5 Å². The summed E-state index contributed by atoms with van der Waals surface area (Å²) in [5.41, 5.74) is 2.14. The highest BCUT2D eigenvalue weighted by molar-refractivity contribution is 7.07. The Bertz CT molecular complexity index is 755. The van der Waals surface area contributed by atoms with Crippen LogP contribution in [0.25, 0.3) is 6.08 Å². The number of amides is 2. The lowest BCUT2D eigenvalue weighted by Crippen LogP contribution is -2.47. The number of rotatable bonds is 10. The van der Waals surface area contributed by atoms with E-state index in [0.29, 0.717) is 6.54 Å². The number of likely N-dealkylation sites (N-methyl/N-ethyl adjacent to an activating group) is 1. The predicted octanol–water partition coefficient (Wildman–Crippen LogP) is 3.47. The maximum absolute atomic E-state index is 12.5. The van der Waals surface area contributed by atoms with Crippen molar-refractivity contribution in [2.75, 3.05) is 19.6 Å². The van der Waals surface area contributed by atoms with Gasteiger partial charge >= 0.3 is 0 Å². The Morgan fingerprint density at radius 1 is 1.14 bits per heavy atom. The fraction of sp³-hybridized carbons (Fsp3) is 0.364. The van der Waals surface area contributed by atoms with E-state index in [1.165, 1.54) is 11.6 Å². The van der Waals surface area contributed by atoms with E-state index in [4.69, 9.17) is 0 Å². The number of benzene rings is 1. The molecule has 0 spiro atoms. The summed E-state index contributed by atoms with van der Waals surface area (Å²) in [7, 11) is 0. The summed E-state index contributed by atoms with van der Waals surface area (Å²) in [6.45, 7) is 8.25. The molecule has 0 aliphatic rings. The topological polar surface area (TPSA) is 61.4 Å². The fourth-order valence-electron chi connectivity index (χ4n) is 3.00. The van der Waals surface area contributed by atoms with Crippen LogP contribution in [0.3, 0.4) is 0 Å². The maximum atomic E-state index is 12.5. The molecule has 0 radical (unpaired) electrons. The van der Waals surface area contributed by atoms with Gasteiger partial charge in [0, 0.05) is 12.6 Å². The van der Waals surface area contributed by atoms with E-state index in [2.05, 4.69) is 46.2 Å². The Labute approximate surface area is 171 Å². The molecule has 2 rings (SSSR count). The van der Waals surface area contributed by atoms with Crippen LogP contribution >= 0.6 is 11.3 Å². The zero-order valence-electron chi connectivity index (χ0n) is 16.7. The second kappa shape index (κ2) is 11.4. The highest BCUT2D eigenvalue weighted by Gasteiger charge is 2.21. The predicted molar refractivity (Wildman–Crippen MR) is 116 cm³/mol. The molecule has 0 saturated heterocycles. The Balaban J connectivity index is 1.88. The number of nitrogens with zero attached hydrogens (tertiary/aromatic N) is 1. The van der Waals surface area contributed by atoms with E-state index in [1.807, 2.05) is 30.3 Å². The number of carbonyl (C=O) groups excluding carboxylic acids is 2. The molecule has 28 heavy (non-hydrogen) atoms. The van der Waals surface area contributed by atoms with E-state index in [-0.39, 0.29) is 17.9 Å². The van der Waals surface area contributed by atoms with Gasteiger partial charge in [-0.2, -0.15) is 11.3 Å². The molecule has 5 nitrogen and oxygen atoms in total. The summed E-state index contributed by atoms with van der Waals surface area (Å²) in [5.74, 6) is -0.474. The average Bonchev–Trinajstić information content (AvgIpc) is 3.24. The summed E-state index contributed by atoms with van der Waals surface area (Å²) in [4.78, 5) is 26.8. The summed E-state index contributed by atoms with van der Waals surface area (Å²) < 4.78 is 0. The lowest BCUT2D eigenvalue weighted by Gasteiger charge is -2.30. The van der Waals surface area contributed by atoms with Crippen LogP contribution in [0.15, 0.2) is 53.2 Å². The van der Waals surface area contributed by atoms with Crippen molar-refractivity contribution in [1.29, 1.82) is 0 Å². The van der Waals surface area contributed by atoms with Crippen LogP contribution in [0.5, 0.6) is 0 Å². The van der Waals surface area contributed by atoms with Crippen LogP contribution in [0.2, 0.25) is 0 Å². The summed E-state index contributed by atoms with van der Waals surface area (Å²) in [6, 6.07) is 11.2. The molecule has 150 valence electrons. The first-order valence-electron chi connectivity index (χ1n) is 9.62. The molecule has 1 aromatic carbocycles. The molecule has 0 aliphatic carbocycles. The van der Waals surface area contributed by atoms with E-state index in [0.717, 1.165) is 18.7 Å². The van der Waals surface area contributed by atoms with E-state index in [1.54, 1.807) is 24.3 Å². The van der Waals surface area contributed by atoms with Gasteiger partial charge in [-0.25, -0.2) is 0 Å². The molecule has 2 amide bonds. The zero-order valence-corrected chi connectivity index (χ0v) is 17.5. The van der Waals surface area contributed by atoms with Gasteiger partial charge in [-0.15, -0.1) is 0 Å². The Kier molecular flexibility index (Phi) is 8.91. The van der Waals surface area contributed by atoms with E-state index >= 15 is 0 Å². The van der Waals surface area contributed by atoms with Gasteiger partial charge in [0.05, 0.1) is 6.04 Å². The molecule has 0 saturated carbocycles. The van der Waals surface area contributed by atoms with Crippen LogP contribution in [-0.2, 0) is 9.59 Å². The van der Waals surface area contributed by atoms with Gasteiger partial charge in [0.15, 0.2) is 0 Å². The lowest BCUT2D eigenvalue weighted by atomic mass is 10.1. The van der Waals surface area contributed by atoms with E-state index < -0.39 is 6.04 Å². The third kappa shape index (κ3) is 6.62. The summed E-state index contributed by atoms with van der Waals surface area (Å²) in [6.07, 6.45) is 3.18. The molecule has 2 atom stereocenters. The van der Waals surface area contributed by atoms with Crippen molar-refractivity contribution in [3.63, 3.8) is 0 Å². The first-order chi connectivity index (χ1) is 13.5. The van der Waals surface area contributed by atoms with Crippen molar-refractivity contribution in [3.05, 3.63) is 64.4 Å². The number of nitrogens with one attached hydrogen (secondary N) is 2. The third-order valence-electron chi connectivity index (χ3n) is 4.63. The molecule has 1 aromatic heterocycles. The monoisotopic (exact) mass is 399 g/mol. The average molecular weight is 400 g/mol. The molecule has 2 N–H and O–H groups in total. The van der Waals surface area contributed by atoms with Crippen LogP contribution in [0, 0.1) is 0 Å². The molecule has 0 aliphatic heterocycles. The minimum Gasteiger partial charge on any atom is -0.352 e. The van der Waals surface area contributed by atoms with E-state index in [9.17, 15) is 9.59 Å². The number of hydrogen-bond acceptors (Lipinski definition) is 4. The summed E-state index contributed by atoms with van der Waals surface area (Å²) >= 11 is 1.65. The highest BCUT2D eigenvalue weighted by atomic mass is 32.1. The van der Waals surface area contributed by atoms with Crippen molar-refractivity contribution in [2.24, 2.45) is 0 Å². The molecule has 1 heterocycles. The second-order valence-electron chi connectivity index (χ2n) is 6.51. The molecular weight excluding hydrogens is 370 g/mol. The zero-order chi connectivity index (χ0) is 20.4. The van der Waals surface area contributed by atoms with Crippen molar-refractivity contribution in [1.82, 2.24) is 15.5 Å². The number of carbonyl (C=O) groups is 2. The Morgan fingerprint density at radius 3 is 2.46 bits per heavy atom. The normalized spacial score (nSPS) is 13.4. The van der Waals surface area contributed by atoms with Gasteiger partial charge < -0.3 is 10.6 Å². The minimum absolute atomic E-state index is 0.131. The largest absolute Gasteiger partial charge is 0.352 e. The summed E-state index contributed by atoms with van der Waals surface area (Å²) in [5, 5.41) is 9.87. The van der Waals surface area contributed by atoms with Gasteiger partial charge in [-0.05, 0) is 54.0 Å². The van der Waals surface area contributed by atoms with Gasteiger partial charge in [-0.1, -0.05) is 44.2 Å². The Morgan fingerprint density at radius 2 is 1.86 bits per heavy atom. The van der Waals surface area contributed by atoms with Gasteiger partial charge in [0.1, 0.15) is 6.04 Å². The maximum Gasteiger partial charge on any atom is 0.244 e. The second-order valence-corrected chi connectivity index (χ2v) is 7.29. The number of thiophene rings is 1. The highest BCUT2D eigenvalue weighted by Crippen LogP contribution is 2.22. The number of hydrogen-bond donors (Lipinski definition) is 2. The minimum atomic E-state index is -0.604. The lowest BCUT2D eigenvalue weighted by molar-refractivity contribution is -0.126. The standard InChI is InChI=1S/C22H29N3O2S/c1-4-25(5-2)20(19-13-14-28-16-19)15-23-22(27)17(3)24-21(26)12-11-18-9-7-6-8-10-18/h6-14,16-17,20H,4-5,15H2,1-3H3,(H,23,27)(H,24,26)/b12-11+. The fourth-order valence-corrected chi connectivity index (χ4v) is 3.71. The first kappa shape index (κ1) is 21.9. The van der Waals surface area contributed by atoms with Crippen molar-refractivity contribution in [3.8, 4) is 0 Å². The van der Waals surface area contributed by atoms with Crippen molar-refractivity contribution >= 4 is 29.2 Å². The molecule has 2 aromatic rings. The molecule has 0 bridgehead atoms. The van der Waals surface area contributed by atoms with Crippen LogP contribution in [-0.4, -0.2) is 42.4 Å². The van der Waals surface area contributed by atoms with Crippen molar-refractivity contribution in [2.45, 2.75) is 32.9 Å². The van der Waals surface area contributed by atoms with Gasteiger partial charge in [0.2, 0.25) is 11.8 Å². The van der Waals surface area contributed by atoms with Crippen molar-refractivity contribution < 1.29 is 9.59 Å². The Hall–Kier alpha value is -2.44. The SMILES string of the molecule is CCN(CC)C(CNC(=O)C(C)NC(=O)/C=C/c1ccccc1)c1ccsc1. The van der Waals surface area contributed by atoms with Gasteiger partial charge in [0.25, 0.3) is 0 Å². The quantitative estimate of drug-likeness (QED) is 0.602. The first-order valence-corrected chi connectivity index (χ1v) is 10.6. The third-order valence-corrected chi connectivity index (χ3v) is 5.33. The van der Waals surface area contributed by atoms with Crippen LogP contribution < -0.4 is 10.6 Å². The smallest absolute Gasteiger partial charge is 0.244 e. The molecule has 0 fully saturated rings. The molecule has 2 unspecified atom stereocenters. The van der Waals surface area contributed by atoms with Crippen LogP contribution in [0.1, 0.15) is 37.9 Å². The van der Waals surface area contributed by atoms with Crippen LogP contribution in [0.4, 0.5) is 0 Å². The molecular formula is C22H29N3O2S. The molecule has 6 heteroatoms.